The van der Waals surface area contributed by atoms with E-state index >= 15 is 0 Å². The summed E-state index contributed by atoms with van der Waals surface area (Å²) >= 11 is 0. The lowest BCUT2D eigenvalue weighted by atomic mass is 9.95. The average Bonchev–Trinajstić information content (AvgIpc) is 3.87. The zero-order chi connectivity index (χ0) is 40.1. The Labute approximate surface area is 336 Å². The van der Waals surface area contributed by atoms with Gasteiger partial charge in [0.25, 0.3) is 11.5 Å². The van der Waals surface area contributed by atoms with Gasteiger partial charge in [-0.3, -0.25) is 38.8 Å². The maximum absolute atomic E-state index is 13.6. The van der Waals surface area contributed by atoms with Gasteiger partial charge >= 0.3 is 0 Å². The first-order valence-corrected chi connectivity index (χ1v) is 20.8. The SMILES string of the molecule is CC(=O)c1c(C)c2cnc(Nc3ccc(N4CCN(CC5CCN(c6ccc7c(c6)CN(C6CCC(=O)NC6=O)C7=O)CC5)CC4)cn3)nc2n(C2CCCC2)c1=O. The number of amides is 3. The van der Waals surface area contributed by atoms with E-state index in [1.54, 1.807) is 22.6 Å². The quantitative estimate of drug-likeness (QED) is 0.182. The molecule has 0 bridgehead atoms. The molecule has 3 aromatic heterocycles. The number of aryl methyl sites for hydroxylation is 1. The number of aromatic nitrogens is 4. The van der Waals surface area contributed by atoms with Gasteiger partial charge in [0.1, 0.15) is 17.5 Å². The van der Waals surface area contributed by atoms with Crippen molar-refractivity contribution in [3.05, 3.63) is 75.3 Å². The maximum Gasteiger partial charge on any atom is 0.263 e. The van der Waals surface area contributed by atoms with Gasteiger partial charge in [0, 0.05) is 87.7 Å². The summed E-state index contributed by atoms with van der Waals surface area (Å²) in [6, 6.07) is 9.45. The molecule has 15 nitrogen and oxygen atoms in total. The van der Waals surface area contributed by atoms with Crippen molar-refractivity contribution < 1.29 is 19.2 Å². The minimum absolute atomic E-state index is 0.0162. The van der Waals surface area contributed by atoms with E-state index in [4.69, 9.17) is 4.98 Å². The Balaban J connectivity index is 0.767. The molecule has 9 rings (SSSR count). The first-order chi connectivity index (χ1) is 28.1. The number of piperazine rings is 1. The van der Waals surface area contributed by atoms with Crippen molar-refractivity contribution in [1.82, 2.24) is 34.6 Å². The molecule has 15 heteroatoms. The number of anilines is 4. The Morgan fingerprint density at radius 1 is 0.862 bits per heavy atom. The predicted molar refractivity (Wildman–Crippen MR) is 220 cm³/mol. The Hall–Kier alpha value is -5.70. The van der Waals surface area contributed by atoms with Crippen LogP contribution in [0.4, 0.5) is 23.1 Å². The van der Waals surface area contributed by atoms with Crippen LogP contribution in [0.25, 0.3) is 11.0 Å². The maximum atomic E-state index is 13.6. The molecule has 1 aromatic carbocycles. The molecule has 4 aliphatic heterocycles. The zero-order valence-electron chi connectivity index (χ0n) is 33.2. The van der Waals surface area contributed by atoms with Gasteiger partial charge in [-0.2, -0.15) is 4.98 Å². The molecule has 0 radical (unpaired) electrons. The molecule has 1 saturated carbocycles. The van der Waals surface area contributed by atoms with Gasteiger partial charge in [-0.05, 0) is 93.3 Å². The highest BCUT2D eigenvalue weighted by atomic mass is 16.2. The number of nitrogens with one attached hydrogen (secondary N) is 2. The highest BCUT2D eigenvalue weighted by Gasteiger charge is 2.39. The van der Waals surface area contributed by atoms with Gasteiger partial charge in [0.15, 0.2) is 5.78 Å². The zero-order valence-corrected chi connectivity index (χ0v) is 33.2. The summed E-state index contributed by atoms with van der Waals surface area (Å²) in [7, 11) is 0. The van der Waals surface area contributed by atoms with Crippen LogP contribution in [0.3, 0.4) is 0 Å². The number of carbonyl (C=O) groups excluding carboxylic acids is 4. The fraction of sp³-hybridized carbons (Fsp3) is 0.488. The number of imide groups is 1. The molecule has 302 valence electrons. The van der Waals surface area contributed by atoms with Crippen LogP contribution < -0.4 is 26.0 Å². The number of pyridine rings is 2. The molecule has 3 saturated heterocycles. The molecule has 3 amide bonds. The molecule has 7 heterocycles. The predicted octanol–water partition coefficient (Wildman–Crippen LogP) is 4.36. The molecule has 58 heavy (non-hydrogen) atoms. The summed E-state index contributed by atoms with van der Waals surface area (Å²) in [5.41, 5.74) is 4.91. The number of piperidine rings is 2. The smallest absolute Gasteiger partial charge is 0.263 e. The van der Waals surface area contributed by atoms with Gasteiger partial charge < -0.3 is 20.0 Å². The molecule has 5 aliphatic rings. The monoisotopic (exact) mass is 786 g/mol. The first-order valence-electron chi connectivity index (χ1n) is 20.8. The Bertz CT molecular complexity index is 2340. The van der Waals surface area contributed by atoms with Crippen LogP contribution in [0.2, 0.25) is 0 Å². The van der Waals surface area contributed by atoms with Crippen molar-refractivity contribution in [1.29, 1.82) is 0 Å². The minimum atomic E-state index is -0.600. The molecule has 4 aromatic rings. The van der Waals surface area contributed by atoms with Gasteiger partial charge in [-0.25, -0.2) is 9.97 Å². The number of rotatable bonds is 9. The van der Waals surface area contributed by atoms with Crippen molar-refractivity contribution in [3.63, 3.8) is 0 Å². The third-order valence-electron chi connectivity index (χ3n) is 13.0. The lowest BCUT2D eigenvalue weighted by Crippen LogP contribution is -2.52. The second-order valence-corrected chi connectivity index (χ2v) is 16.6. The van der Waals surface area contributed by atoms with E-state index in [-0.39, 0.29) is 47.1 Å². The van der Waals surface area contributed by atoms with E-state index < -0.39 is 6.04 Å². The number of fused-ring (bicyclic) bond motifs is 2. The van der Waals surface area contributed by atoms with Crippen LogP contribution in [0.15, 0.2) is 47.5 Å². The van der Waals surface area contributed by atoms with Crippen molar-refractivity contribution >= 4 is 57.7 Å². The summed E-state index contributed by atoms with van der Waals surface area (Å²) in [4.78, 5) is 86.3. The average molecular weight is 787 g/mol. The van der Waals surface area contributed by atoms with E-state index in [0.29, 0.717) is 52.8 Å². The number of carbonyl (C=O) groups is 4. The largest absolute Gasteiger partial charge is 0.372 e. The molecule has 1 atom stereocenters. The summed E-state index contributed by atoms with van der Waals surface area (Å²) < 4.78 is 1.72. The van der Waals surface area contributed by atoms with Gasteiger partial charge in [0.05, 0.1) is 17.4 Å². The van der Waals surface area contributed by atoms with Crippen LogP contribution in [0.1, 0.15) is 96.2 Å². The van der Waals surface area contributed by atoms with Crippen molar-refractivity contribution in [2.24, 2.45) is 5.92 Å². The fourth-order valence-electron chi connectivity index (χ4n) is 9.76. The van der Waals surface area contributed by atoms with Gasteiger partial charge in [-0.15, -0.1) is 0 Å². The molecule has 1 unspecified atom stereocenters. The highest BCUT2D eigenvalue weighted by Crippen LogP contribution is 2.34. The van der Waals surface area contributed by atoms with Gasteiger partial charge in [0.2, 0.25) is 17.8 Å². The van der Waals surface area contributed by atoms with Crippen LogP contribution in [-0.4, -0.2) is 105 Å². The lowest BCUT2D eigenvalue weighted by molar-refractivity contribution is -0.136. The number of nitrogens with zero attached hydrogens (tertiary/aromatic N) is 8. The minimum Gasteiger partial charge on any atom is -0.372 e. The van der Waals surface area contributed by atoms with Crippen LogP contribution >= 0.6 is 0 Å². The second-order valence-electron chi connectivity index (χ2n) is 16.6. The molecular weight excluding hydrogens is 737 g/mol. The van der Waals surface area contributed by atoms with E-state index in [2.05, 4.69) is 47.4 Å². The third kappa shape index (κ3) is 7.20. The number of benzene rings is 1. The van der Waals surface area contributed by atoms with Crippen LogP contribution in [0, 0.1) is 12.8 Å². The summed E-state index contributed by atoms with van der Waals surface area (Å²) in [6.45, 7) is 10.5. The third-order valence-corrected chi connectivity index (χ3v) is 13.0. The number of ketones is 1. The topological polar surface area (TPSA) is 166 Å². The Kier molecular flexibility index (Phi) is 10.2. The van der Waals surface area contributed by atoms with Crippen molar-refractivity contribution in [2.45, 2.75) is 83.8 Å². The fourth-order valence-corrected chi connectivity index (χ4v) is 9.76. The Morgan fingerprint density at radius 2 is 1.60 bits per heavy atom. The molecule has 1 aliphatic carbocycles. The molecular formula is C43H50N10O5. The highest BCUT2D eigenvalue weighted by molar-refractivity contribution is 6.05. The van der Waals surface area contributed by atoms with E-state index in [1.165, 1.54) is 6.92 Å². The van der Waals surface area contributed by atoms with Crippen LogP contribution in [-0.2, 0) is 16.1 Å². The number of hydrogen-bond donors (Lipinski definition) is 2. The van der Waals surface area contributed by atoms with Crippen molar-refractivity contribution in [3.8, 4) is 0 Å². The molecule has 2 N–H and O–H groups in total. The van der Waals surface area contributed by atoms with Gasteiger partial charge in [-0.1, -0.05) is 12.8 Å². The Morgan fingerprint density at radius 3 is 2.31 bits per heavy atom. The summed E-state index contributed by atoms with van der Waals surface area (Å²) in [6.07, 6.45) is 10.3. The normalized spacial score (nSPS) is 20.9. The van der Waals surface area contributed by atoms with Crippen LogP contribution in [0.5, 0.6) is 0 Å². The number of Topliss-reactive ketones (excluding diaryl/α,β-unsaturated/α-hetero) is 1. The second kappa shape index (κ2) is 15.6. The molecule has 0 spiro atoms. The number of hydrogen-bond acceptors (Lipinski definition) is 12. The standard InChI is InChI=1S/C43H50N10O5/c1-26-34-23-45-43(48-39(34)53(30-5-3-4-6-30)42(58)38(26)27(2)54)46-36-11-8-32(22-44-36)51-19-17-49(18-20-51)24-28-13-15-50(16-14-28)31-7-9-33-29(21-31)25-52(41(33)57)35-10-12-37(55)47-40(35)56/h7-9,11,21-23,28,30,35H,3-6,10,12-20,24-25H2,1-2H3,(H,47,55,56)(H,44,45,46,48). The first kappa shape index (κ1) is 37.9. The lowest BCUT2D eigenvalue weighted by Gasteiger charge is -2.40. The summed E-state index contributed by atoms with van der Waals surface area (Å²) in [5.74, 6) is 0.559. The van der Waals surface area contributed by atoms with E-state index in [1.807, 2.05) is 24.4 Å². The van der Waals surface area contributed by atoms with E-state index in [0.717, 1.165) is 101 Å². The molecule has 4 fully saturated rings. The van der Waals surface area contributed by atoms with Crippen molar-refractivity contribution in [2.75, 3.05) is 60.9 Å². The summed E-state index contributed by atoms with van der Waals surface area (Å²) in [5, 5.41) is 6.32. The van der Waals surface area contributed by atoms with E-state index in [9.17, 15) is 24.0 Å².